The maximum Gasteiger partial charge on any atom is 0.306 e. The largest absolute Gasteiger partial charge is 0.481 e. The number of hydrogen-bond acceptors (Lipinski definition) is 1. The second-order valence-corrected chi connectivity index (χ2v) is 7.31. The minimum atomic E-state index is -0.616. The number of aryl methyl sites for hydroxylation is 2. The lowest BCUT2D eigenvalue weighted by Crippen LogP contribution is -2.35. The zero-order valence-electron chi connectivity index (χ0n) is 13.1. The van der Waals surface area contributed by atoms with Gasteiger partial charge < -0.3 is 5.11 Å². The van der Waals surface area contributed by atoms with E-state index in [1.54, 1.807) is 0 Å². The molecule has 1 N–H and O–H groups in total. The molecule has 1 aliphatic carbocycles. The Hall–Kier alpha value is -1.31. The van der Waals surface area contributed by atoms with Crippen LogP contribution in [0, 0.1) is 31.1 Å². The summed E-state index contributed by atoms with van der Waals surface area (Å²) in [6.45, 7) is 8.74. The third-order valence-electron chi connectivity index (χ3n) is 4.61. The molecule has 0 radical (unpaired) electrons. The summed E-state index contributed by atoms with van der Waals surface area (Å²) in [6.07, 6.45) is 3.74. The van der Waals surface area contributed by atoms with E-state index in [2.05, 4.69) is 45.9 Å². The highest BCUT2D eigenvalue weighted by Crippen LogP contribution is 2.43. The fraction of sp³-hybridized carbons (Fsp3) is 0.611. The monoisotopic (exact) mass is 274 g/mol. The van der Waals surface area contributed by atoms with Crippen molar-refractivity contribution in [3.8, 4) is 0 Å². The minimum absolute atomic E-state index is 0.177. The molecule has 0 amide bonds. The van der Waals surface area contributed by atoms with Gasteiger partial charge in [-0.3, -0.25) is 4.79 Å². The topological polar surface area (TPSA) is 37.3 Å². The van der Waals surface area contributed by atoms with Gasteiger partial charge in [-0.15, -0.1) is 0 Å². The van der Waals surface area contributed by atoms with Crippen LogP contribution in [0.5, 0.6) is 0 Å². The van der Waals surface area contributed by atoms with Gasteiger partial charge in [-0.25, -0.2) is 0 Å². The molecule has 1 fully saturated rings. The average molecular weight is 274 g/mol. The molecular formula is C18H26O2. The van der Waals surface area contributed by atoms with Crippen molar-refractivity contribution in [2.75, 3.05) is 0 Å². The van der Waals surface area contributed by atoms with E-state index >= 15 is 0 Å². The molecule has 110 valence electrons. The van der Waals surface area contributed by atoms with Crippen LogP contribution in [0.25, 0.3) is 0 Å². The van der Waals surface area contributed by atoms with E-state index in [1.165, 1.54) is 16.7 Å². The van der Waals surface area contributed by atoms with Gasteiger partial charge in [-0.1, -0.05) is 43.2 Å². The Kier molecular flexibility index (Phi) is 4.22. The van der Waals surface area contributed by atoms with Gasteiger partial charge in [-0.2, -0.15) is 0 Å². The molecule has 1 saturated carbocycles. The maximum atomic E-state index is 11.5. The average Bonchev–Trinajstić information content (AvgIpc) is 2.25. The van der Waals surface area contributed by atoms with Crippen molar-refractivity contribution in [3.05, 3.63) is 34.9 Å². The van der Waals surface area contributed by atoms with Gasteiger partial charge in [0.1, 0.15) is 0 Å². The summed E-state index contributed by atoms with van der Waals surface area (Å²) in [5.41, 5.74) is 4.09. The van der Waals surface area contributed by atoms with Crippen molar-refractivity contribution in [2.24, 2.45) is 17.3 Å². The fourth-order valence-electron chi connectivity index (χ4n) is 3.77. The molecule has 2 heteroatoms. The van der Waals surface area contributed by atoms with Gasteiger partial charge in [0, 0.05) is 0 Å². The molecule has 0 spiro atoms. The van der Waals surface area contributed by atoms with Crippen LogP contribution in [0.1, 0.15) is 49.8 Å². The van der Waals surface area contributed by atoms with Crippen LogP contribution in [-0.4, -0.2) is 11.1 Å². The van der Waals surface area contributed by atoms with Crippen LogP contribution >= 0.6 is 0 Å². The number of carboxylic acid groups (broad SMARTS) is 1. The fourth-order valence-corrected chi connectivity index (χ4v) is 3.77. The summed E-state index contributed by atoms with van der Waals surface area (Å²) in [5, 5.41) is 9.47. The van der Waals surface area contributed by atoms with Gasteiger partial charge in [0.15, 0.2) is 0 Å². The van der Waals surface area contributed by atoms with E-state index in [4.69, 9.17) is 0 Å². The quantitative estimate of drug-likeness (QED) is 0.888. The Labute approximate surface area is 122 Å². The summed E-state index contributed by atoms with van der Waals surface area (Å²) >= 11 is 0. The second-order valence-electron chi connectivity index (χ2n) is 7.31. The minimum Gasteiger partial charge on any atom is -0.481 e. The predicted octanol–water partition coefficient (Wildman–Crippen LogP) is 4.37. The molecule has 0 aromatic heterocycles. The smallest absolute Gasteiger partial charge is 0.306 e. The summed E-state index contributed by atoms with van der Waals surface area (Å²) in [6, 6.07) is 6.57. The molecule has 2 atom stereocenters. The number of hydrogen-bond donors (Lipinski definition) is 1. The third-order valence-corrected chi connectivity index (χ3v) is 4.61. The Morgan fingerprint density at radius 3 is 2.40 bits per heavy atom. The van der Waals surface area contributed by atoms with Crippen LogP contribution in [-0.2, 0) is 11.2 Å². The maximum absolute atomic E-state index is 11.5. The standard InChI is InChI=1S/C18H26O2/c1-12-7-13(2)9-14(8-12)10-15-11-18(3,4)6-5-16(15)17(19)20/h7-9,15-16H,5-6,10-11H2,1-4H3,(H,19,20). The number of carboxylic acids is 1. The van der Waals surface area contributed by atoms with Crippen LogP contribution in [0.3, 0.4) is 0 Å². The normalized spacial score (nSPS) is 25.4. The summed E-state index contributed by atoms with van der Waals surface area (Å²) in [5.74, 6) is -0.531. The van der Waals surface area contributed by atoms with Gasteiger partial charge in [0.05, 0.1) is 5.92 Å². The van der Waals surface area contributed by atoms with Crippen LogP contribution < -0.4 is 0 Å². The molecule has 20 heavy (non-hydrogen) atoms. The Morgan fingerprint density at radius 2 is 1.85 bits per heavy atom. The summed E-state index contributed by atoms with van der Waals surface area (Å²) < 4.78 is 0. The van der Waals surface area contributed by atoms with Crippen molar-refractivity contribution in [2.45, 2.75) is 53.4 Å². The Balaban J connectivity index is 2.20. The van der Waals surface area contributed by atoms with Gasteiger partial charge in [0.2, 0.25) is 0 Å². The zero-order chi connectivity index (χ0) is 14.9. The van der Waals surface area contributed by atoms with E-state index in [0.29, 0.717) is 0 Å². The zero-order valence-corrected chi connectivity index (χ0v) is 13.1. The van der Waals surface area contributed by atoms with E-state index in [-0.39, 0.29) is 17.3 Å². The molecule has 1 aromatic rings. The first kappa shape index (κ1) is 15.1. The van der Waals surface area contributed by atoms with Gasteiger partial charge in [-0.05, 0) is 56.4 Å². The Bertz CT molecular complexity index is 482. The summed E-state index contributed by atoms with van der Waals surface area (Å²) in [7, 11) is 0. The van der Waals surface area contributed by atoms with Crippen LogP contribution in [0.15, 0.2) is 18.2 Å². The van der Waals surface area contributed by atoms with Crippen LogP contribution in [0.2, 0.25) is 0 Å². The van der Waals surface area contributed by atoms with Crippen molar-refractivity contribution in [1.29, 1.82) is 0 Å². The predicted molar refractivity (Wildman–Crippen MR) is 81.9 cm³/mol. The number of benzene rings is 1. The van der Waals surface area contributed by atoms with Crippen molar-refractivity contribution >= 4 is 5.97 Å². The number of carbonyl (C=O) groups is 1. The first-order valence-corrected chi connectivity index (χ1v) is 7.57. The van der Waals surface area contributed by atoms with E-state index < -0.39 is 5.97 Å². The molecular weight excluding hydrogens is 248 g/mol. The van der Waals surface area contributed by atoms with Crippen molar-refractivity contribution < 1.29 is 9.90 Å². The SMILES string of the molecule is Cc1cc(C)cc(CC2CC(C)(C)CCC2C(=O)O)c1. The molecule has 2 nitrogen and oxygen atoms in total. The highest BCUT2D eigenvalue weighted by atomic mass is 16.4. The Morgan fingerprint density at radius 1 is 1.25 bits per heavy atom. The van der Waals surface area contributed by atoms with Crippen molar-refractivity contribution in [3.63, 3.8) is 0 Å². The lowest BCUT2D eigenvalue weighted by molar-refractivity contribution is -0.146. The molecule has 2 unspecified atom stereocenters. The molecule has 1 aromatic carbocycles. The number of rotatable bonds is 3. The second kappa shape index (κ2) is 5.59. The van der Waals surface area contributed by atoms with Gasteiger partial charge in [0.25, 0.3) is 0 Å². The molecule has 0 bridgehead atoms. The third kappa shape index (κ3) is 3.62. The molecule has 0 saturated heterocycles. The van der Waals surface area contributed by atoms with Gasteiger partial charge >= 0.3 is 5.97 Å². The van der Waals surface area contributed by atoms with Crippen LogP contribution in [0.4, 0.5) is 0 Å². The molecule has 1 aliphatic rings. The summed E-state index contributed by atoms with van der Waals surface area (Å²) in [4.78, 5) is 11.5. The van der Waals surface area contributed by atoms with E-state index in [1.807, 2.05) is 0 Å². The first-order chi connectivity index (χ1) is 9.27. The highest BCUT2D eigenvalue weighted by molar-refractivity contribution is 5.70. The molecule has 0 aliphatic heterocycles. The highest BCUT2D eigenvalue weighted by Gasteiger charge is 2.38. The number of aliphatic carboxylic acids is 1. The van der Waals surface area contributed by atoms with E-state index in [0.717, 1.165) is 25.7 Å². The lowest BCUT2D eigenvalue weighted by Gasteiger charge is -2.39. The van der Waals surface area contributed by atoms with E-state index in [9.17, 15) is 9.90 Å². The lowest BCUT2D eigenvalue weighted by atomic mass is 9.65. The molecule has 0 heterocycles. The first-order valence-electron chi connectivity index (χ1n) is 7.57. The molecule has 2 rings (SSSR count). The van der Waals surface area contributed by atoms with Crippen molar-refractivity contribution in [1.82, 2.24) is 0 Å².